The van der Waals surface area contributed by atoms with Gasteiger partial charge in [-0.3, -0.25) is 4.98 Å². The molecule has 1 aromatic heterocycles. The molecule has 1 heterocycles. The Morgan fingerprint density at radius 2 is 1.95 bits per heavy atom. The van der Waals surface area contributed by atoms with E-state index in [1.807, 2.05) is 44.2 Å². The van der Waals surface area contributed by atoms with Gasteiger partial charge in [-0.1, -0.05) is 32.8 Å². The summed E-state index contributed by atoms with van der Waals surface area (Å²) in [6, 6.07) is 9.91. The van der Waals surface area contributed by atoms with E-state index in [9.17, 15) is 0 Å². The molecule has 0 atom stereocenters. The fraction of sp³-hybridized carbons (Fsp3) is 0.143. The van der Waals surface area contributed by atoms with Gasteiger partial charge in [0.05, 0.1) is 5.56 Å². The van der Waals surface area contributed by atoms with E-state index in [1.165, 1.54) is 0 Å². The quantitative estimate of drug-likeness (QED) is 0.382. The van der Waals surface area contributed by atoms with Gasteiger partial charge in [0.1, 0.15) is 0 Å². The SMILES string of the molecule is Cc1cc(Sc2ccc(Br)cc2)c(/C(N)=N/O)c(C)n1. The lowest BCUT2D eigenvalue weighted by Gasteiger charge is -2.11. The molecular weight excluding hydrogens is 338 g/mol. The summed E-state index contributed by atoms with van der Waals surface area (Å²) in [5, 5.41) is 12.0. The number of benzene rings is 1. The van der Waals surface area contributed by atoms with Crippen LogP contribution in [0.4, 0.5) is 0 Å². The summed E-state index contributed by atoms with van der Waals surface area (Å²) >= 11 is 4.97. The van der Waals surface area contributed by atoms with Gasteiger partial charge >= 0.3 is 0 Å². The molecule has 1 aromatic carbocycles. The van der Waals surface area contributed by atoms with Gasteiger partial charge in [-0.2, -0.15) is 0 Å². The molecule has 0 aliphatic carbocycles. The number of nitrogens with two attached hydrogens (primary N) is 1. The lowest BCUT2D eigenvalue weighted by Crippen LogP contribution is -2.17. The zero-order valence-electron chi connectivity index (χ0n) is 11.1. The van der Waals surface area contributed by atoms with Crippen molar-refractivity contribution in [2.45, 2.75) is 23.6 Å². The van der Waals surface area contributed by atoms with Crippen molar-refractivity contribution in [3.63, 3.8) is 0 Å². The molecule has 0 aliphatic rings. The molecule has 0 saturated carbocycles. The van der Waals surface area contributed by atoms with Crippen LogP contribution in [0.1, 0.15) is 17.0 Å². The summed E-state index contributed by atoms with van der Waals surface area (Å²) in [6.07, 6.45) is 0. The lowest BCUT2D eigenvalue weighted by atomic mass is 10.1. The summed E-state index contributed by atoms with van der Waals surface area (Å²) in [5.74, 6) is 0.0783. The molecule has 0 fully saturated rings. The third-order valence-corrected chi connectivity index (χ3v) is 4.28. The topological polar surface area (TPSA) is 71.5 Å². The molecule has 0 radical (unpaired) electrons. The van der Waals surface area contributed by atoms with Crippen LogP contribution in [0, 0.1) is 13.8 Å². The second-order valence-electron chi connectivity index (χ2n) is 4.26. The second-order valence-corrected chi connectivity index (χ2v) is 6.29. The number of rotatable bonds is 3. The van der Waals surface area contributed by atoms with E-state index in [0.717, 1.165) is 25.7 Å². The molecule has 20 heavy (non-hydrogen) atoms. The number of aromatic nitrogens is 1. The number of pyridine rings is 1. The van der Waals surface area contributed by atoms with Crippen LogP contribution in [-0.4, -0.2) is 16.0 Å². The van der Waals surface area contributed by atoms with Crippen molar-refractivity contribution in [2.75, 3.05) is 0 Å². The maximum Gasteiger partial charge on any atom is 0.173 e. The van der Waals surface area contributed by atoms with Crippen molar-refractivity contribution >= 4 is 33.5 Å². The van der Waals surface area contributed by atoms with E-state index in [4.69, 9.17) is 10.9 Å². The van der Waals surface area contributed by atoms with E-state index in [2.05, 4.69) is 26.1 Å². The smallest absolute Gasteiger partial charge is 0.173 e. The van der Waals surface area contributed by atoms with Gasteiger partial charge < -0.3 is 10.9 Å². The van der Waals surface area contributed by atoms with Crippen molar-refractivity contribution in [2.24, 2.45) is 10.9 Å². The minimum absolute atomic E-state index is 0.0783. The maximum absolute atomic E-state index is 8.93. The third-order valence-electron chi connectivity index (χ3n) is 2.70. The highest BCUT2D eigenvalue weighted by Crippen LogP contribution is 2.32. The van der Waals surface area contributed by atoms with Crippen LogP contribution in [0.15, 0.2) is 49.8 Å². The average molecular weight is 352 g/mol. The predicted molar refractivity (Wildman–Crippen MR) is 84.5 cm³/mol. The highest BCUT2D eigenvalue weighted by atomic mass is 79.9. The van der Waals surface area contributed by atoms with Gasteiger partial charge in [0, 0.05) is 25.7 Å². The van der Waals surface area contributed by atoms with E-state index in [0.29, 0.717) is 5.56 Å². The maximum atomic E-state index is 8.93. The Morgan fingerprint density at radius 1 is 1.30 bits per heavy atom. The largest absolute Gasteiger partial charge is 0.409 e. The van der Waals surface area contributed by atoms with Gasteiger partial charge in [0.2, 0.25) is 0 Å². The van der Waals surface area contributed by atoms with Crippen molar-refractivity contribution in [1.29, 1.82) is 0 Å². The highest BCUT2D eigenvalue weighted by molar-refractivity contribution is 9.10. The van der Waals surface area contributed by atoms with Crippen LogP contribution in [0.5, 0.6) is 0 Å². The normalized spacial score (nSPS) is 11.7. The first-order valence-corrected chi connectivity index (χ1v) is 7.51. The molecule has 104 valence electrons. The third kappa shape index (κ3) is 3.32. The van der Waals surface area contributed by atoms with Crippen molar-refractivity contribution in [3.05, 3.63) is 51.8 Å². The Labute approximate surface area is 130 Å². The first-order valence-electron chi connectivity index (χ1n) is 5.91. The number of halogens is 1. The van der Waals surface area contributed by atoms with E-state index in [-0.39, 0.29) is 5.84 Å². The number of nitrogens with zero attached hydrogens (tertiary/aromatic N) is 2. The van der Waals surface area contributed by atoms with Gasteiger partial charge in [0.15, 0.2) is 5.84 Å². The molecule has 3 N–H and O–H groups in total. The zero-order valence-corrected chi connectivity index (χ0v) is 13.5. The molecule has 0 saturated heterocycles. The van der Waals surface area contributed by atoms with Crippen LogP contribution in [0.3, 0.4) is 0 Å². The summed E-state index contributed by atoms with van der Waals surface area (Å²) in [7, 11) is 0. The Morgan fingerprint density at radius 3 is 2.55 bits per heavy atom. The number of aryl methyl sites for hydroxylation is 2. The standard InChI is InChI=1S/C14H14BrN3OS/c1-8-7-12(13(9(2)17-8)14(16)18-19)20-11-5-3-10(15)4-6-11/h3-7,19H,1-2H3,(H2,16,18). The lowest BCUT2D eigenvalue weighted by molar-refractivity contribution is 0.318. The molecule has 0 amide bonds. The molecule has 6 heteroatoms. The van der Waals surface area contributed by atoms with Gasteiger partial charge in [-0.25, -0.2) is 0 Å². The summed E-state index contributed by atoms with van der Waals surface area (Å²) in [5.41, 5.74) is 8.08. The fourth-order valence-corrected chi connectivity index (χ4v) is 3.24. The number of hydrogen-bond acceptors (Lipinski definition) is 4. The molecule has 0 spiro atoms. The molecule has 0 bridgehead atoms. The fourth-order valence-electron chi connectivity index (χ4n) is 1.86. The van der Waals surface area contributed by atoms with Gasteiger partial charge in [-0.15, -0.1) is 0 Å². The van der Waals surface area contributed by atoms with Crippen LogP contribution < -0.4 is 5.73 Å². The molecular formula is C14H14BrN3OS. The second kappa shape index (κ2) is 6.28. The van der Waals surface area contributed by atoms with Gasteiger partial charge in [0.25, 0.3) is 0 Å². The number of oxime groups is 1. The Kier molecular flexibility index (Phi) is 4.67. The zero-order chi connectivity index (χ0) is 14.7. The Balaban J connectivity index is 2.47. The molecule has 0 unspecified atom stereocenters. The molecule has 0 aliphatic heterocycles. The number of hydrogen-bond donors (Lipinski definition) is 2. The minimum Gasteiger partial charge on any atom is -0.409 e. The monoisotopic (exact) mass is 351 g/mol. The van der Waals surface area contributed by atoms with Crippen LogP contribution >= 0.6 is 27.7 Å². The first-order chi connectivity index (χ1) is 9.51. The first kappa shape index (κ1) is 14.9. The number of amidine groups is 1. The highest BCUT2D eigenvalue weighted by Gasteiger charge is 2.14. The van der Waals surface area contributed by atoms with E-state index < -0.39 is 0 Å². The van der Waals surface area contributed by atoms with Crippen LogP contribution in [0.25, 0.3) is 0 Å². The minimum atomic E-state index is 0.0783. The van der Waals surface area contributed by atoms with Crippen LogP contribution in [-0.2, 0) is 0 Å². The van der Waals surface area contributed by atoms with Crippen molar-refractivity contribution in [3.8, 4) is 0 Å². The van der Waals surface area contributed by atoms with E-state index >= 15 is 0 Å². The Hall–Kier alpha value is -1.53. The molecule has 2 aromatic rings. The van der Waals surface area contributed by atoms with Gasteiger partial charge in [-0.05, 0) is 44.2 Å². The van der Waals surface area contributed by atoms with E-state index in [1.54, 1.807) is 11.8 Å². The summed E-state index contributed by atoms with van der Waals surface area (Å²) < 4.78 is 1.03. The molecule has 4 nitrogen and oxygen atoms in total. The Bertz CT molecular complexity index is 656. The van der Waals surface area contributed by atoms with Crippen molar-refractivity contribution in [1.82, 2.24) is 4.98 Å². The average Bonchev–Trinajstić information content (AvgIpc) is 2.40. The summed E-state index contributed by atoms with van der Waals surface area (Å²) in [4.78, 5) is 6.36. The van der Waals surface area contributed by atoms with Crippen LogP contribution in [0.2, 0.25) is 0 Å². The summed E-state index contributed by atoms with van der Waals surface area (Å²) in [6.45, 7) is 3.78. The van der Waals surface area contributed by atoms with Crippen molar-refractivity contribution < 1.29 is 5.21 Å². The predicted octanol–water partition coefficient (Wildman–Crippen LogP) is 3.71. The molecule has 2 rings (SSSR count).